The van der Waals surface area contributed by atoms with Gasteiger partial charge < -0.3 is 14.8 Å². The van der Waals surface area contributed by atoms with E-state index in [1.54, 1.807) is 19.2 Å². The normalized spacial score (nSPS) is 10.3. The summed E-state index contributed by atoms with van der Waals surface area (Å²) in [5.74, 6) is 0.665. The van der Waals surface area contributed by atoms with Gasteiger partial charge in [-0.15, -0.1) is 0 Å². The molecule has 0 saturated carbocycles. The zero-order valence-electron chi connectivity index (χ0n) is 14.9. The summed E-state index contributed by atoms with van der Waals surface area (Å²) >= 11 is 0. The van der Waals surface area contributed by atoms with Gasteiger partial charge in [-0.05, 0) is 35.9 Å². The van der Waals surface area contributed by atoms with E-state index in [0.717, 1.165) is 11.1 Å². The molecule has 0 spiro atoms. The summed E-state index contributed by atoms with van der Waals surface area (Å²) in [4.78, 5) is 12.3. The van der Waals surface area contributed by atoms with Crippen molar-refractivity contribution in [1.29, 1.82) is 0 Å². The Kier molecular flexibility index (Phi) is 6.05. The minimum atomic E-state index is -0.343. The van der Waals surface area contributed by atoms with Gasteiger partial charge in [0.2, 0.25) is 5.91 Å². The second kappa shape index (κ2) is 8.85. The smallest absolute Gasteiger partial charge is 0.228 e. The van der Waals surface area contributed by atoms with Crippen LogP contribution in [0.3, 0.4) is 0 Å². The number of halogens is 1. The number of hydrogen-bond donors (Lipinski definition) is 1. The summed E-state index contributed by atoms with van der Waals surface area (Å²) in [5, 5.41) is 2.88. The quantitative estimate of drug-likeness (QED) is 0.666. The Morgan fingerprint density at radius 3 is 2.63 bits per heavy atom. The summed E-state index contributed by atoms with van der Waals surface area (Å²) in [7, 11) is 1.58. The van der Waals surface area contributed by atoms with Gasteiger partial charge in [-0.2, -0.15) is 0 Å². The molecule has 27 heavy (non-hydrogen) atoms. The first-order valence-corrected chi connectivity index (χ1v) is 8.53. The van der Waals surface area contributed by atoms with Crippen molar-refractivity contribution < 1.29 is 18.7 Å². The van der Waals surface area contributed by atoms with Crippen LogP contribution in [0.4, 0.5) is 10.1 Å². The highest BCUT2D eigenvalue weighted by Crippen LogP contribution is 2.19. The molecular weight excluding hydrogens is 345 g/mol. The number of rotatable bonds is 7. The molecule has 0 bridgehead atoms. The zero-order valence-corrected chi connectivity index (χ0v) is 14.9. The van der Waals surface area contributed by atoms with Crippen molar-refractivity contribution in [3.63, 3.8) is 0 Å². The Morgan fingerprint density at radius 2 is 1.81 bits per heavy atom. The number of para-hydroxylation sites is 1. The van der Waals surface area contributed by atoms with Gasteiger partial charge in [-0.1, -0.05) is 36.4 Å². The first-order valence-electron chi connectivity index (χ1n) is 8.53. The molecule has 138 valence electrons. The van der Waals surface area contributed by atoms with Crippen LogP contribution in [-0.4, -0.2) is 13.0 Å². The first-order chi connectivity index (χ1) is 13.1. The average Bonchev–Trinajstić information content (AvgIpc) is 2.67. The monoisotopic (exact) mass is 365 g/mol. The summed E-state index contributed by atoms with van der Waals surface area (Å²) in [6.07, 6.45) is 0.216. The molecule has 0 atom stereocenters. The van der Waals surface area contributed by atoms with Crippen molar-refractivity contribution in [3.8, 4) is 11.5 Å². The fourth-order valence-electron chi connectivity index (χ4n) is 2.69. The van der Waals surface area contributed by atoms with Gasteiger partial charge in [-0.3, -0.25) is 4.79 Å². The third-order valence-electron chi connectivity index (χ3n) is 3.96. The topological polar surface area (TPSA) is 47.6 Å². The highest BCUT2D eigenvalue weighted by atomic mass is 19.1. The number of benzene rings is 3. The number of ether oxygens (including phenoxy) is 2. The molecule has 0 aromatic heterocycles. The van der Waals surface area contributed by atoms with Crippen LogP contribution in [-0.2, 0) is 17.8 Å². The lowest BCUT2D eigenvalue weighted by molar-refractivity contribution is -0.115. The molecule has 1 amide bonds. The van der Waals surface area contributed by atoms with Crippen molar-refractivity contribution in [1.82, 2.24) is 0 Å². The molecule has 3 aromatic carbocycles. The van der Waals surface area contributed by atoms with E-state index in [2.05, 4.69) is 5.32 Å². The number of nitrogens with one attached hydrogen (secondary N) is 1. The van der Waals surface area contributed by atoms with Crippen molar-refractivity contribution in [2.24, 2.45) is 0 Å². The van der Waals surface area contributed by atoms with Gasteiger partial charge in [0.25, 0.3) is 0 Å². The number of carbonyl (C=O) groups is 1. The van der Waals surface area contributed by atoms with Crippen LogP contribution in [0.5, 0.6) is 11.5 Å². The largest absolute Gasteiger partial charge is 0.496 e. The number of hydrogen-bond acceptors (Lipinski definition) is 3. The summed E-state index contributed by atoms with van der Waals surface area (Å²) < 4.78 is 24.1. The molecule has 1 N–H and O–H groups in total. The number of methoxy groups -OCH3 is 1. The van der Waals surface area contributed by atoms with Crippen LogP contribution in [0.15, 0.2) is 72.8 Å². The van der Waals surface area contributed by atoms with Crippen LogP contribution in [0, 0.1) is 5.82 Å². The Hall–Kier alpha value is -3.34. The third kappa shape index (κ3) is 5.31. The molecule has 4 nitrogen and oxygen atoms in total. The molecule has 0 heterocycles. The molecule has 5 heteroatoms. The second-order valence-corrected chi connectivity index (χ2v) is 5.98. The van der Waals surface area contributed by atoms with Crippen LogP contribution >= 0.6 is 0 Å². The highest BCUT2D eigenvalue weighted by molar-refractivity contribution is 5.92. The average molecular weight is 365 g/mol. The molecule has 0 radical (unpaired) electrons. The standard InChI is InChI=1S/C22H20FNO3/c1-26-21-11-3-2-7-17(21)13-22(25)24-19-9-4-6-16(12-19)15-27-20-10-5-8-18(23)14-20/h2-12,14H,13,15H2,1H3,(H,24,25). The minimum Gasteiger partial charge on any atom is -0.496 e. The maximum Gasteiger partial charge on any atom is 0.228 e. The van der Waals surface area contributed by atoms with Crippen molar-refractivity contribution in [2.45, 2.75) is 13.0 Å². The van der Waals surface area contributed by atoms with E-state index in [9.17, 15) is 9.18 Å². The highest BCUT2D eigenvalue weighted by Gasteiger charge is 2.09. The van der Waals surface area contributed by atoms with Gasteiger partial charge in [-0.25, -0.2) is 4.39 Å². The Balaban J connectivity index is 1.60. The van der Waals surface area contributed by atoms with Gasteiger partial charge >= 0.3 is 0 Å². The Morgan fingerprint density at radius 1 is 1.00 bits per heavy atom. The van der Waals surface area contributed by atoms with E-state index in [4.69, 9.17) is 9.47 Å². The fraction of sp³-hybridized carbons (Fsp3) is 0.136. The van der Waals surface area contributed by atoms with Crippen LogP contribution in [0.1, 0.15) is 11.1 Å². The van der Waals surface area contributed by atoms with Gasteiger partial charge in [0.1, 0.15) is 23.9 Å². The fourth-order valence-corrected chi connectivity index (χ4v) is 2.69. The molecule has 3 aromatic rings. The maximum absolute atomic E-state index is 13.2. The second-order valence-electron chi connectivity index (χ2n) is 5.98. The predicted octanol–water partition coefficient (Wildman–Crippen LogP) is 4.59. The molecule has 0 aliphatic heterocycles. The summed E-state index contributed by atoms with van der Waals surface area (Å²) in [6.45, 7) is 0.277. The zero-order chi connectivity index (χ0) is 19.1. The Bertz CT molecular complexity index is 927. The first kappa shape index (κ1) is 18.5. The summed E-state index contributed by atoms with van der Waals surface area (Å²) in [5.41, 5.74) is 2.37. The maximum atomic E-state index is 13.2. The minimum absolute atomic E-state index is 0.136. The van der Waals surface area contributed by atoms with E-state index in [-0.39, 0.29) is 24.8 Å². The molecule has 0 saturated heterocycles. The van der Waals surface area contributed by atoms with E-state index in [0.29, 0.717) is 17.2 Å². The van der Waals surface area contributed by atoms with Crippen LogP contribution < -0.4 is 14.8 Å². The van der Waals surface area contributed by atoms with Crippen molar-refractivity contribution in [2.75, 3.05) is 12.4 Å². The van der Waals surface area contributed by atoms with Crippen LogP contribution in [0.25, 0.3) is 0 Å². The van der Waals surface area contributed by atoms with E-state index < -0.39 is 0 Å². The SMILES string of the molecule is COc1ccccc1CC(=O)Nc1cccc(COc2cccc(F)c2)c1. The van der Waals surface area contributed by atoms with E-state index in [1.165, 1.54) is 12.1 Å². The number of carbonyl (C=O) groups excluding carboxylic acids is 1. The number of amides is 1. The molecule has 3 rings (SSSR count). The molecular formula is C22H20FNO3. The molecule has 0 aliphatic carbocycles. The van der Waals surface area contributed by atoms with Crippen molar-refractivity contribution >= 4 is 11.6 Å². The van der Waals surface area contributed by atoms with Gasteiger partial charge in [0.05, 0.1) is 13.5 Å². The third-order valence-corrected chi connectivity index (χ3v) is 3.96. The number of anilines is 1. The van der Waals surface area contributed by atoms with E-state index in [1.807, 2.05) is 48.5 Å². The Labute approximate surface area is 157 Å². The lowest BCUT2D eigenvalue weighted by atomic mass is 10.1. The lowest BCUT2D eigenvalue weighted by Crippen LogP contribution is -2.15. The van der Waals surface area contributed by atoms with Gasteiger partial charge in [0, 0.05) is 17.3 Å². The van der Waals surface area contributed by atoms with Gasteiger partial charge in [0.15, 0.2) is 0 Å². The van der Waals surface area contributed by atoms with Crippen molar-refractivity contribution in [3.05, 3.63) is 89.7 Å². The molecule has 0 unspecified atom stereocenters. The lowest BCUT2D eigenvalue weighted by Gasteiger charge is -2.10. The molecule has 0 fully saturated rings. The molecule has 0 aliphatic rings. The summed E-state index contributed by atoms with van der Waals surface area (Å²) in [6, 6.07) is 20.8. The van der Waals surface area contributed by atoms with E-state index >= 15 is 0 Å². The predicted molar refractivity (Wildman–Crippen MR) is 103 cm³/mol. The van der Waals surface area contributed by atoms with Crippen LogP contribution in [0.2, 0.25) is 0 Å².